The molecule has 35 heavy (non-hydrogen) atoms. The molecule has 0 atom stereocenters. The molecular formula is C24H24FN3O5S2. The van der Waals surface area contributed by atoms with Gasteiger partial charge in [-0.25, -0.2) is 22.6 Å². The van der Waals surface area contributed by atoms with Crippen LogP contribution in [0.3, 0.4) is 0 Å². The van der Waals surface area contributed by atoms with Gasteiger partial charge in [-0.15, -0.1) is 11.3 Å². The second-order valence-electron chi connectivity index (χ2n) is 8.14. The molecule has 0 aliphatic carbocycles. The molecule has 8 nitrogen and oxygen atoms in total. The maximum atomic E-state index is 14.4. The van der Waals surface area contributed by atoms with Crippen molar-refractivity contribution < 1.29 is 27.1 Å². The van der Waals surface area contributed by atoms with Crippen LogP contribution >= 0.6 is 11.3 Å². The first-order chi connectivity index (χ1) is 16.7. The van der Waals surface area contributed by atoms with Crippen LogP contribution in [0.1, 0.15) is 35.2 Å². The second kappa shape index (κ2) is 10.6. The van der Waals surface area contributed by atoms with Gasteiger partial charge in [0.1, 0.15) is 10.7 Å². The Morgan fingerprint density at radius 3 is 2.54 bits per heavy atom. The molecule has 1 N–H and O–H groups in total. The Bertz CT molecular complexity index is 1330. The fraction of sp³-hybridized carbons (Fsp3) is 0.292. The number of nitrogens with zero attached hydrogens (tertiary/aromatic N) is 2. The van der Waals surface area contributed by atoms with Gasteiger partial charge in [0, 0.05) is 24.0 Å². The minimum atomic E-state index is -4.08. The molecule has 2 aromatic carbocycles. The van der Waals surface area contributed by atoms with E-state index in [1.165, 1.54) is 15.6 Å². The zero-order chi connectivity index (χ0) is 25.0. The number of sulfonamides is 1. The van der Waals surface area contributed by atoms with Crippen molar-refractivity contribution in [2.24, 2.45) is 0 Å². The van der Waals surface area contributed by atoms with E-state index in [9.17, 15) is 22.4 Å². The molecule has 1 aromatic heterocycles. The van der Waals surface area contributed by atoms with Crippen molar-refractivity contribution in [3.8, 4) is 11.3 Å². The van der Waals surface area contributed by atoms with Crippen LogP contribution in [0.5, 0.6) is 0 Å². The van der Waals surface area contributed by atoms with Gasteiger partial charge in [0.15, 0.2) is 11.7 Å². The van der Waals surface area contributed by atoms with E-state index in [-0.39, 0.29) is 5.56 Å². The standard InChI is InChI=1S/C24H24FN3O5S2/c1-16-5-7-17(8-6-16)20-15-34-24(26-20)27-22(29)14-33-23(30)18-9-10-19(25)21(13-18)35(31,32)28-11-3-2-4-12-28/h5-10,13,15H,2-4,11-12,14H2,1H3,(H,26,27,29). The highest BCUT2D eigenvalue weighted by Gasteiger charge is 2.29. The number of anilines is 1. The predicted molar refractivity (Wildman–Crippen MR) is 130 cm³/mol. The summed E-state index contributed by atoms with van der Waals surface area (Å²) in [6.07, 6.45) is 2.31. The summed E-state index contributed by atoms with van der Waals surface area (Å²) < 4.78 is 46.3. The predicted octanol–water partition coefficient (Wildman–Crippen LogP) is 4.23. The van der Waals surface area contributed by atoms with Gasteiger partial charge in [0.25, 0.3) is 5.91 Å². The number of ether oxygens (including phenoxy) is 1. The lowest BCUT2D eigenvalue weighted by Gasteiger charge is -2.26. The number of benzene rings is 2. The number of thiazole rings is 1. The van der Waals surface area contributed by atoms with E-state index in [1.54, 1.807) is 5.38 Å². The SMILES string of the molecule is Cc1ccc(-c2csc(NC(=O)COC(=O)c3ccc(F)c(S(=O)(=O)N4CCCCC4)c3)n2)cc1. The summed E-state index contributed by atoms with van der Waals surface area (Å²) in [5.41, 5.74) is 2.57. The summed E-state index contributed by atoms with van der Waals surface area (Å²) in [6.45, 7) is 1.99. The Labute approximate surface area is 206 Å². The molecule has 0 radical (unpaired) electrons. The Kier molecular flexibility index (Phi) is 7.58. The molecule has 4 rings (SSSR count). The third kappa shape index (κ3) is 5.92. The molecule has 0 bridgehead atoms. The third-order valence-corrected chi connectivity index (χ3v) is 8.20. The summed E-state index contributed by atoms with van der Waals surface area (Å²) in [5, 5.41) is 4.71. The molecule has 184 valence electrons. The maximum absolute atomic E-state index is 14.4. The Morgan fingerprint density at radius 1 is 1.11 bits per heavy atom. The van der Waals surface area contributed by atoms with E-state index >= 15 is 0 Å². The van der Waals surface area contributed by atoms with Crippen molar-refractivity contribution >= 4 is 38.4 Å². The molecule has 0 unspecified atom stereocenters. The largest absolute Gasteiger partial charge is 0.452 e. The van der Waals surface area contributed by atoms with Gasteiger partial charge in [-0.2, -0.15) is 4.31 Å². The van der Waals surface area contributed by atoms with Gasteiger partial charge in [-0.05, 0) is 38.0 Å². The van der Waals surface area contributed by atoms with Crippen LogP contribution in [-0.2, 0) is 19.6 Å². The first-order valence-electron chi connectivity index (χ1n) is 11.0. The number of amides is 1. The number of carbonyl (C=O) groups is 2. The summed E-state index contributed by atoms with van der Waals surface area (Å²) in [7, 11) is -4.08. The van der Waals surface area contributed by atoms with Crippen molar-refractivity contribution in [2.45, 2.75) is 31.1 Å². The van der Waals surface area contributed by atoms with Gasteiger partial charge >= 0.3 is 5.97 Å². The van der Waals surface area contributed by atoms with Crippen LogP contribution in [0.15, 0.2) is 52.7 Å². The molecule has 1 aliphatic rings. The Morgan fingerprint density at radius 2 is 1.83 bits per heavy atom. The third-order valence-electron chi connectivity index (χ3n) is 5.53. The van der Waals surface area contributed by atoms with Crippen molar-refractivity contribution in [3.63, 3.8) is 0 Å². The molecule has 2 heterocycles. The summed E-state index contributed by atoms with van der Waals surface area (Å²) in [6, 6.07) is 10.8. The van der Waals surface area contributed by atoms with Crippen molar-refractivity contribution in [1.29, 1.82) is 0 Å². The highest BCUT2D eigenvalue weighted by atomic mass is 32.2. The lowest BCUT2D eigenvalue weighted by Crippen LogP contribution is -2.36. The molecular weight excluding hydrogens is 493 g/mol. The lowest BCUT2D eigenvalue weighted by molar-refractivity contribution is -0.119. The Hall–Kier alpha value is -3.15. The fourth-order valence-electron chi connectivity index (χ4n) is 3.63. The first kappa shape index (κ1) is 25.0. The minimum Gasteiger partial charge on any atom is -0.452 e. The van der Waals surface area contributed by atoms with Crippen LogP contribution in [0.2, 0.25) is 0 Å². The van der Waals surface area contributed by atoms with Crippen molar-refractivity contribution in [1.82, 2.24) is 9.29 Å². The minimum absolute atomic E-state index is 0.161. The average molecular weight is 518 g/mol. The van der Waals surface area contributed by atoms with E-state index in [0.717, 1.165) is 35.7 Å². The van der Waals surface area contributed by atoms with Crippen molar-refractivity contribution in [3.05, 3.63) is 64.8 Å². The van der Waals surface area contributed by atoms with Gasteiger partial charge in [0.2, 0.25) is 10.0 Å². The molecule has 3 aromatic rings. The normalized spacial score (nSPS) is 14.5. The molecule has 0 saturated carbocycles. The number of aromatic nitrogens is 1. The number of rotatable bonds is 7. The highest BCUT2D eigenvalue weighted by Crippen LogP contribution is 2.26. The number of piperidine rings is 1. The monoisotopic (exact) mass is 517 g/mol. The second-order valence-corrected chi connectivity index (χ2v) is 10.9. The quantitative estimate of drug-likeness (QED) is 0.470. The highest BCUT2D eigenvalue weighted by molar-refractivity contribution is 7.89. The smallest absolute Gasteiger partial charge is 0.338 e. The number of halogens is 1. The number of hydrogen-bond donors (Lipinski definition) is 1. The topological polar surface area (TPSA) is 106 Å². The van der Waals surface area contributed by atoms with Gasteiger partial charge in [-0.1, -0.05) is 36.2 Å². The van der Waals surface area contributed by atoms with E-state index < -0.39 is 39.2 Å². The van der Waals surface area contributed by atoms with Gasteiger partial charge in [-0.3, -0.25) is 10.1 Å². The zero-order valence-corrected chi connectivity index (χ0v) is 20.6. The average Bonchev–Trinajstić information content (AvgIpc) is 3.32. The number of esters is 1. The zero-order valence-electron chi connectivity index (χ0n) is 19.0. The molecule has 1 amide bonds. The molecule has 1 saturated heterocycles. The first-order valence-corrected chi connectivity index (χ1v) is 13.4. The molecule has 1 fully saturated rings. The van der Waals surface area contributed by atoms with Crippen LogP contribution in [0, 0.1) is 12.7 Å². The van der Waals surface area contributed by atoms with E-state index in [0.29, 0.717) is 36.8 Å². The molecule has 1 aliphatic heterocycles. The van der Waals surface area contributed by atoms with Crippen molar-refractivity contribution in [2.75, 3.05) is 25.0 Å². The molecule has 0 spiro atoms. The molecule has 11 heteroatoms. The number of hydrogen-bond acceptors (Lipinski definition) is 7. The van der Waals surface area contributed by atoms with Crippen LogP contribution in [0.25, 0.3) is 11.3 Å². The van der Waals surface area contributed by atoms with Gasteiger partial charge in [0.05, 0.1) is 11.3 Å². The summed E-state index contributed by atoms with van der Waals surface area (Å²) in [4.78, 5) is 28.5. The Balaban J connectivity index is 1.37. The number of nitrogens with one attached hydrogen (secondary N) is 1. The summed E-state index contributed by atoms with van der Waals surface area (Å²) in [5.74, 6) is -2.49. The number of aryl methyl sites for hydroxylation is 1. The summed E-state index contributed by atoms with van der Waals surface area (Å²) >= 11 is 1.23. The fourth-order valence-corrected chi connectivity index (χ4v) is 5.97. The van der Waals surface area contributed by atoms with E-state index in [4.69, 9.17) is 4.74 Å². The van der Waals surface area contributed by atoms with Crippen LogP contribution in [0.4, 0.5) is 9.52 Å². The maximum Gasteiger partial charge on any atom is 0.338 e. The number of carbonyl (C=O) groups excluding carboxylic acids is 2. The van der Waals surface area contributed by atoms with Crippen LogP contribution < -0.4 is 5.32 Å². The van der Waals surface area contributed by atoms with Crippen LogP contribution in [-0.4, -0.2) is 49.3 Å². The van der Waals surface area contributed by atoms with E-state index in [1.807, 2.05) is 31.2 Å². The van der Waals surface area contributed by atoms with E-state index in [2.05, 4.69) is 10.3 Å². The lowest BCUT2D eigenvalue weighted by atomic mass is 10.1. The van der Waals surface area contributed by atoms with Gasteiger partial charge < -0.3 is 4.74 Å².